The highest BCUT2D eigenvalue weighted by Gasteiger charge is 2.32. The van der Waals surface area contributed by atoms with Crippen molar-refractivity contribution in [1.82, 2.24) is 15.0 Å². The van der Waals surface area contributed by atoms with Crippen molar-refractivity contribution in [2.75, 3.05) is 11.5 Å². The average Bonchev–Trinajstić information content (AvgIpc) is 2.34. The summed E-state index contributed by atoms with van der Waals surface area (Å²) in [6.07, 6.45) is -1.89. The molecule has 2 rings (SSSR count). The van der Waals surface area contributed by atoms with Crippen molar-refractivity contribution in [3.8, 4) is 0 Å². The van der Waals surface area contributed by atoms with Gasteiger partial charge in [0.15, 0.2) is 5.82 Å². The molecule has 104 valence electrons. The van der Waals surface area contributed by atoms with Crippen LogP contribution in [0.2, 0.25) is 0 Å². The minimum atomic E-state index is -4.43. The number of hydrogen-bond acceptors (Lipinski definition) is 5. The number of benzene rings is 1. The number of aromatic nitrogens is 3. The standard InChI is InChI=1S/C12H10F3N5/c13-12(14,15)8-4-2-1-3-7(8)5-6-9-18-10(16)20-11(17)19-9/h1-6H,(H4,16,17,18,19,20)/b6-5+. The predicted octanol–water partition coefficient (Wildman–Crippen LogP) is 2.23. The fraction of sp³-hybridized carbons (Fsp3) is 0.0833. The Balaban J connectivity index is 2.37. The van der Waals surface area contributed by atoms with Crippen molar-refractivity contribution in [1.29, 1.82) is 0 Å². The lowest BCUT2D eigenvalue weighted by molar-refractivity contribution is -0.137. The lowest BCUT2D eigenvalue weighted by Gasteiger charge is -2.09. The maximum atomic E-state index is 12.8. The molecule has 0 atom stereocenters. The largest absolute Gasteiger partial charge is 0.416 e. The van der Waals surface area contributed by atoms with E-state index in [2.05, 4.69) is 15.0 Å². The van der Waals surface area contributed by atoms with E-state index < -0.39 is 11.7 Å². The van der Waals surface area contributed by atoms with Gasteiger partial charge in [0.1, 0.15) is 0 Å². The van der Waals surface area contributed by atoms with Crippen LogP contribution in [0.3, 0.4) is 0 Å². The molecule has 5 nitrogen and oxygen atoms in total. The molecule has 0 saturated heterocycles. The van der Waals surface area contributed by atoms with Crippen LogP contribution in [0.15, 0.2) is 24.3 Å². The SMILES string of the molecule is Nc1nc(N)nc(/C=C/c2ccccc2C(F)(F)F)n1. The van der Waals surface area contributed by atoms with Gasteiger partial charge < -0.3 is 11.5 Å². The number of rotatable bonds is 2. The Morgan fingerprint density at radius 3 is 2.10 bits per heavy atom. The molecule has 1 aromatic carbocycles. The van der Waals surface area contributed by atoms with Gasteiger partial charge in [-0.15, -0.1) is 0 Å². The molecule has 0 saturated carbocycles. The van der Waals surface area contributed by atoms with E-state index in [1.807, 2.05) is 0 Å². The molecule has 1 heterocycles. The zero-order valence-corrected chi connectivity index (χ0v) is 10.1. The molecule has 0 radical (unpaired) electrons. The quantitative estimate of drug-likeness (QED) is 0.880. The Bertz CT molecular complexity index is 632. The Kier molecular flexibility index (Phi) is 3.55. The molecule has 0 aliphatic heterocycles. The van der Waals surface area contributed by atoms with Gasteiger partial charge in [-0.3, -0.25) is 0 Å². The summed E-state index contributed by atoms with van der Waals surface area (Å²) < 4.78 is 38.4. The third kappa shape index (κ3) is 3.22. The average molecular weight is 281 g/mol. The van der Waals surface area contributed by atoms with Crippen LogP contribution in [-0.2, 0) is 6.18 Å². The van der Waals surface area contributed by atoms with Gasteiger partial charge in [-0.05, 0) is 17.7 Å². The van der Waals surface area contributed by atoms with E-state index in [4.69, 9.17) is 11.5 Å². The van der Waals surface area contributed by atoms with Crippen LogP contribution < -0.4 is 11.5 Å². The molecule has 0 spiro atoms. The van der Waals surface area contributed by atoms with Gasteiger partial charge in [0.05, 0.1) is 5.56 Å². The molecule has 8 heteroatoms. The second-order valence-corrected chi connectivity index (χ2v) is 3.83. The molecule has 0 aliphatic carbocycles. The van der Waals surface area contributed by atoms with Crippen LogP contribution in [0.1, 0.15) is 17.0 Å². The van der Waals surface area contributed by atoms with Gasteiger partial charge in [0, 0.05) is 0 Å². The lowest BCUT2D eigenvalue weighted by atomic mass is 10.1. The smallest absolute Gasteiger partial charge is 0.368 e. The minimum Gasteiger partial charge on any atom is -0.368 e. The van der Waals surface area contributed by atoms with Gasteiger partial charge in [-0.25, -0.2) is 0 Å². The monoisotopic (exact) mass is 281 g/mol. The van der Waals surface area contributed by atoms with Crippen molar-refractivity contribution in [3.05, 3.63) is 41.2 Å². The van der Waals surface area contributed by atoms with Crippen molar-refractivity contribution in [2.24, 2.45) is 0 Å². The number of halogens is 3. The normalized spacial score (nSPS) is 11.9. The molecule has 20 heavy (non-hydrogen) atoms. The van der Waals surface area contributed by atoms with Gasteiger partial charge in [-0.1, -0.05) is 24.3 Å². The van der Waals surface area contributed by atoms with Gasteiger partial charge in [-0.2, -0.15) is 28.1 Å². The first-order chi connectivity index (χ1) is 9.36. The summed E-state index contributed by atoms with van der Waals surface area (Å²) in [5.41, 5.74) is 10.00. The van der Waals surface area contributed by atoms with Crippen LogP contribution in [0.25, 0.3) is 12.2 Å². The molecule has 0 fully saturated rings. The van der Waals surface area contributed by atoms with Crippen molar-refractivity contribution >= 4 is 24.0 Å². The third-order valence-corrected chi connectivity index (χ3v) is 2.37. The lowest BCUT2D eigenvalue weighted by Crippen LogP contribution is -2.07. The fourth-order valence-corrected chi connectivity index (χ4v) is 1.57. The van der Waals surface area contributed by atoms with E-state index >= 15 is 0 Å². The fourth-order valence-electron chi connectivity index (χ4n) is 1.57. The van der Waals surface area contributed by atoms with E-state index in [-0.39, 0.29) is 23.3 Å². The zero-order chi connectivity index (χ0) is 14.8. The number of nitrogen functional groups attached to an aromatic ring is 2. The van der Waals surface area contributed by atoms with E-state index in [0.717, 1.165) is 6.07 Å². The summed E-state index contributed by atoms with van der Waals surface area (Å²) in [5.74, 6) is -0.102. The van der Waals surface area contributed by atoms with Gasteiger partial charge >= 0.3 is 6.18 Å². The van der Waals surface area contributed by atoms with Gasteiger partial charge in [0.2, 0.25) is 11.9 Å². The highest BCUT2D eigenvalue weighted by molar-refractivity contribution is 5.69. The molecular weight excluding hydrogens is 271 g/mol. The third-order valence-electron chi connectivity index (χ3n) is 2.37. The molecule has 4 N–H and O–H groups in total. The predicted molar refractivity (Wildman–Crippen MR) is 69.0 cm³/mol. The molecule has 1 aromatic heterocycles. The molecular formula is C12H10F3N5. The first-order valence-corrected chi connectivity index (χ1v) is 5.47. The first kappa shape index (κ1) is 13.8. The number of anilines is 2. The highest BCUT2D eigenvalue weighted by Crippen LogP contribution is 2.32. The molecule has 0 unspecified atom stereocenters. The molecule has 0 amide bonds. The van der Waals surface area contributed by atoms with Crippen LogP contribution in [0.4, 0.5) is 25.1 Å². The summed E-state index contributed by atoms with van der Waals surface area (Å²) in [6, 6.07) is 5.16. The topological polar surface area (TPSA) is 90.7 Å². The van der Waals surface area contributed by atoms with Crippen molar-refractivity contribution < 1.29 is 13.2 Å². The van der Waals surface area contributed by atoms with E-state index in [0.29, 0.717) is 0 Å². The molecule has 0 aliphatic rings. The van der Waals surface area contributed by atoms with E-state index in [1.165, 1.54) is 30.4 Å². The summed E-state index contributed by atoms with van der Waals surface area (Å²) in [4.78, 5) is 11.1. The first-order valence-electron chi connectivity index (χ1n) is 5.47. The van der Waals surface area contributed by atoms with Gasteiger partial charge in [0.25, 0.3) is 0 Å². The summed E-state index contributed by atoms with van der Waals surface area (Å²) in [7, 11) is 0. The number of hydrogen-bond donors (Lipinski definition) is 2. The molecule has 0 bridgehead atoms. The van der Waals surface area contributed by atoms with Crippen molar-refractivity contribution in [3.63, 3.8) is 0 Å². The Morgan fingerprint density at radius 2 is 1.50 bits per heavy atom. The zero-order valence-electron chi connectivity index (χ0n) is 10.1. The number of nitrogens with two attached hydrogens (primary N) is 2. The number of alkyl halides is 3. The summed E-state index contributed by atoms with van der Waals surface area (Å²) >= 11 is 0. The van der Waals surface area contributed by atoms with Crippen LogP contribution in [0, 0.1) is 0 Å². The second kappa shape index (κ2) is 5.16. The van der Waals surface area contributed by atoms with Crippen LogP contribution in [0.5, 0.6) is 0 Å². The van der Waals surface area contributed by atoms with Crippen LogP contribution >= 0.6 is 0 Å². The maximum absolute atomic E-state index is 12.8. The summed E-state index contributed by atoms with van der Waals surface area (Å²) in [5, 5.41) is 0. The van der Waals surface area contributed by atoms with E-state index in [9.17, 15) is 13.2 Å². The Morgan fingerprint density at radius 1 is 0.900 bits per heavy atom. The minimum absolute atomic E-state index is 0.00226. The van der Waals surface area contributed by atoms with E-state index in [1.54, 1.807) is 0 Å². The Hall–Kier alpha value is -2.64. The van der Waals surface area contributed by atoms with Crippen molar-refractivity contribution in [2.45, 2.75) is 6.18 Å². The van der Waals surface area contributed by atoms with Crippen LogP contribution in [-0.4, -0.2) is 15.0 Å². The highest BCUT2D eigenvalue weighted by atomic mass is 19.4. The number of nitrogens with zero attached hydrogens (tertiary/aromatic N) is 3. The Labute approximate surface area is 112 Å². The summed E-state index contributed by atoms with van der Waals surface area (Å²) in [6.45, 7) is 0. The second-order valence-electron chi connectivity index (χ2n) is 3.83. The molecule has 2 aromatic rings. The maximum Gasteiger partial charge on any atom is 0.416 e.